The van der Waals surface area contributed by atoms with Crippen LogP contribution in [0.2, 0.25) is 0 Å². The summed E-state index contributed by atoms with van der Waals surface area (Å²) >= 11 is 12.0. The maximum atomic E-state index is 6.06. The van der Waals surface area contributed by atoms with Gasteiger partial charge in [-0.25, -0.2) is 0 Å². The molecule has 0 radical (unpaired) electrons. The second kappa shape index (κ2) is 6.72. The number of nitrogens with two attached hydrogens (primary N) is 1. The van der Waals surface area contributed by atoms with Crippen molar-refractivity contribution in [2.75, 3.05) is 0 Å². The Hall–Kier alpha value is 0.120. The van der Waals surface area contributed by atoms with E-state index in [1.54, 1.807) is 11.3 Å². The number of ether oxygens (including phenoxy) is 1. The summed E-state index contributed by atoms with van der Waals surface area (Å²) in [6, 6.07) is 7.78. The lowest BCUT2D eigenvalue weighted by molar-refractivity contribution is 0.183. The summed E-state index contributed by atoms with van der Waals surface area (Å²) in [6.45, 7) is 1.95. The third-order valence-electron chi connectivity index (χ3n) is 2.49. The zero-order valence-corrected chi connectivity index (χ0v) is 15.6. The van der Waals surface area contributed by atoms with E-state index in [-0.39, 0.29) is 12.1 Å². The smallest absolute Gasteiger partial charge is 0.148 e. The van der Waals surface area contributed by atoms with Crippen molar-refractivity contribution in [2.24, 2.45) is 5.73 Å². The first-order valence-corrected chi connectivity index (χ1v) is 8.84. The van der Waals surface area contributed by atoms with Gasteiger partial charge < -0.3 is 10.5 Å². The highest BCUT2D eigenvalue weighted by Gasteiger charge is 2.21. The summed E-state index contributed by atoms with van der Waals surface area (Å²) in [6.07, 6.45) is -0.159. The van der Waals surface area contributed by atoms with Crippen LogP contribution in [-0.2, 0) is 0 Å². The second-order valence-electron chi connectivity index (χ2n) is 4.14. The largest absolute Gasteiger partial charge is 0.482 e. The fourth-order valence-corrected chi connectivity index (χ4v) is 4.34. The van der Waals surface area contributed by atoms with Crippen LogP contribution in [0.25, 0.3) is 0 Å². The first kappa shape index (κ1) is 15.5. The molecule has 1 heterocycles. The molecule has 2 aromatic rings. The Morgan fingerprint density at radius 1 is 1.16 bits per heavy atom. The zero-order valence-electron chi connectivity index (χ0n) is 10.1. The maximum absolute atomic E-state index is 6.06. The van der Waals surface area contributed by atoms with E-state index < -0.39 is 0 Å². The molecule has 2 unspecified atom stereocenters. The summed E-state index contributed by atoms with van der Waals surface area (Å²) in [7, 11) is 0. The van der Waals surface area contributed by atoms with Crippen LogP contribution in [0.5, 0.6) is 5.75 Å². The molecule has 2 nitrogen and oxygen atoms in total. The van der Waals surface area contributed by atoms with Gasteiger partial charge in [0, 0.05) is 25.2 Å². The molecule has 0 saturated carbocycles. The lowest BCUT2D eigenvalue weighted by Crippen LogP contribution is -2.28. The molecule has 0 amide bonds. The third-order valence-corrected chi connectivity index (χ3v) is 5.36. The minimum atomic E-state index is -0.159. The number of hydrogen-bond acceptors (Lipinski definition) is 3. The van der Waals surface area contributed by atoms with Gasteiger partial charge in [0.05, 0.1) is 4.47 Å². The monoisotopic (exact) mass is 467 g/mol. The highest BCUT2D eigenvalue weighted by molar-refractivity contribution is 9.11. The van der Waals surface area contributed by atoms with Gasteiger partial charge in [-0.1, -0.05) is 15.9 Å². The molecule has 0 aliphatic rings. The average Bonchev–Trinajstić information content (AvgIpc) is 2.74. The molecule has 0 bridgehead atoms. The summed E-state index contributed by atoms with van der Waals surface area (Å²) in [5, 5.41) is 2.03. The van der Waals surface area contributed by atoms with Crippen molar-refractivity contribution in [3.8, 4) is 5.75 Å². The van der Waals surface area contributed by atoms with Gasteiger partial charge in [-0.2, -0.15) is 0 Å². The second-order valence-corrected chi connectivity index (χ2v) is 7.77. The Morgan fingerprint density at radius 2 is 1.89 bits per heavy atom. The molecule has 2 N–H and O–H groups in total. The molecule has 0 aliphatic heterocycles. The molecule has 0 spiro atoms. The standard InChI is InChI=1S/C13H12Br3NOS/c1-7(17)13(12-5-9(15)6-19-12)18-11-3-2-8(14)4-10(11)16/h2-7,13H,17H2,1H3. The number of benzene rings is 1. The topological polar surface area (TPSA) is 35.2 Å². The predicted octanol–water partition coefficient (Wildman–Crippen LogP) is 5.50. The quantitative estimate of drug-likeness (QED) is 0.641. The Morgan fingerprint density at radius 3 is 2.42 bits per heavy atom. The lowest BCUT2D eigenvalue weighted by atomic mass is 10.1. The highest BCUT2D eigenvalue weighted by atomic mass is 79.9. The predicted molar refractivity (Wildman–Crippen MR) is 90.9 cm³/mol. The average molecular weight is 470 g/mol. The normalized spacial score (nSPS) is 14.2. The number of rotatable bonds is 4. The zero-order chi connectivity index (χ0) is 14.0. The van der Waals surface area contributed by atoms with Crippen LogP contribution in [-0.4, -0.2) is 6.04 Å². The van der Waals surface area contributed by atoms with Crippen LogP contribution < -0.4 is 10.5 Å². The van der Waals surface area contributed by atoms with Crippen molar-refractivity contribution >= 4 is 59.1 Å². The summed E-state index contributed by atoms with van der Waals surface area (Å²) in [5.74, 6) is 0.787. The molecule has 6 heteroatoms. The Labute approximate surface area is 141 Å². The highest BCUT2D eigenvalue weighted by Crippen LogP contribution is 2.35. The van der Waals surface area contributed by atoms with Gasteiger partial charge in [0.25, 0.3) is 0 Å². The van der Waals surface area contributed by atoms with Crippen LogP contribution in [0.15, 0.2) is 43.1 Å². The Balaban J connectivity index is 2.26. The van der Waals surface area contributed by atoms with Crippen molar-refractivity contribution in [1.29, 1.82) is 0 Å². The van der Waals surface area contributed by atoms with Gasteiger partial charge in [-0.3, -0.25) is 0 Å². The van der Waals surface area contributed by atoms with E-state index in [0.29, 0.717) is 0 Å². The number of hydrogen-bond donors (Lipinski definition) is 1. The van der Waals surface area contributed by atoms with Gasteiger partial charge in [-0.15, -0.1) is 11.3 Å². The van der Waals surface area contributed by atoms with Crippen LogP contribution >= 0.6 is 59.1 Å². The molecule has 19 heavy (non-hydrogen) atoms. The van der Waals surface area contributed by atoms with Crippen molar-refractivity contribution < 1.29 is 4.74 Å². The molecular formula is C13H12Br3NOS. The van der Waals surface area contributed by atoms with E-state index in [0.717, 1.165) is 24.0 Å². The first-order chi connectivity index (χ1) is 8.97. The molecular weight excluding hydrogens is 458 g/mol. The van der Waals surface area contributed by atoms with Crippen LogP contribution in [0.1, 0.15) is 17.9 Å². The van der Waals surface area contributed by atoms with Crippen LogP contribution in [0.3, 0.4) is 0 Å². The molecule has 2 rings (SSSR count). The number of thiophene rings is 1. The minimum Gasteiger partial charge on any atom is -0.482 e. The van der Waals surface area contributed by atoms with Crippen molar-refractivity contribution in [1.82, 2.24) is 0 Å². The van der Waals surface area contributed by atoms with Crippen LogP contribution in [0.4, 0.5) is 0 Å². The summed E-state index contributed by atoms with van der Waals surface area (Å²) < 4.78 is 9.02. The Kier molecular flexibility index (Phi) is 5.48. The van der Waals surface area contributed by atoms with E-state index in [9.17, 15) is 0 Å². The molecule has 0 saturated heterocycles. The van der Waals surface area contributed by atoms with E-state index in [1.807, 2.05) is 36.6 Å². The van der Waals surface area contributed by atoms with Gasteiger partial charge in [-0.05, 0) is 63.0 Å². The minimum absolute atomic E-state index is 0.0962. The molecule has 102 valence electrons. The molecule has 0 fully saturated rings. The SMILES string of the molecule is CC(N)C(Oc1ccc(Br)cc1Br)c1cc(Br)cs1. The third kappa shape index (κ3) is 4.04. The van der Waals surface area contributed by atoms with Gasteiger partial charge in [0.1, 0.15) is 11.9 Å². The van der Waals surface area contributed by atoms with E-state index in [2.05, 4.69) is 47.8 Å². The van der Waals surface area contributed by atoms with Crippen molar-refractivity contribution in [3.63, 3.8) is 0 Å². The maximum Gasteiger partial charge on any atom is 0.148 e. The Bertz CT molecular complexity index is 571. The molecule has 1 aromatic carbocycles. The first-order valence-electron chi connectivity index (χ1n) is 5.58. The molecule has 1 aromatic heterocycles. The van der Waals surface area contributed by atoms with Gasteiger partial charge in [0.15, 0.2) is 0 Å². The van der Waals surface area contributed by atoms with Crippen molar-refractivity contribution in [3.05, 3.63) is 47.9 Å². The van der Waals surface area contributed by atoms with E-state index in [1.165, 1.54) is 0 Å². The fourth-order valence-electron chi connectivity index (χ4n) is 1.61. The molecule has 2 atom stereocenters. The number of halogens is 3. The van der Waals surface area contributed by atoms with E-state index in [4.69, 9.17) is 10.5 Å². The molecule has 0 aliphatic carbocycles. The summed E-state index contributed by atoms with van der Waals surface area (Å²) in [4.78, 5) is 1.11. The van der Waals surface area contributed by atoms with Crippen LogP contribution in [0, 0.1) is 0 Å². The van der Waals surface area contributed by atoms with Gasteiger partial charge in [0.2, 0.25) is 0 Å². The fraction of sp³-hybridized carbons (Fsp3) is 0.231. The summed E-state index contributed by atoms with van der Waals surface area (Å²) in [5.41, 5.74) is 6.05. The van der Waals surface area contributed by atoms with E-state index >= 15 is 0 Å². The van der Waals surface area contributed by atoms with Gasteiger partial charge >= 0.3 is 0 Å². The van der Waals surface area contributed by atoms with Crippen molar-refractivity contribution in [2.45, 2.75) is 19.1 Å². The lowest BCUT2D eigenvalue weighted by Gasteiger charge is -2.22.